The highest BCUT2D eigenvalue weighted by atomic mass is 16.4. The van der Waals surface area contributed by atoms with Crippen molar-refractivity contribution in [2.75, 3.05) is 18.9 Å². The SMILES string of the molecule is CN(Cc1ccccc1)C[C@@H](CC(=O)Nc1ccc2cc[nH]c2c1)C(=O)O. The van der Waals surface area contributed by atoms with Crippen LogP contribution in [0.5, 0.6) is 0 Å². The zero-order valence-corrected chi connectivity index (χ0v) is 15.2. The molecule has 0 bridgehead atoms. The lowest BCUT2D eigenvalue weighted by Gasteiger charge is -2.21. The van der Waals surface area contributed by atoms with Gasteiger partial charge < -0.3 is 20.3 Å². The number of carbonyl (C=O) groups is 2. The third-order valence-corrected chi connectivity index (χ3v) is 4.45. The van der Waals surface area contributed by atoms with E-state index in [1.165, 1.54) is 0 Å². The molecule has 1 heterocycles. The van der Waals surface area contributed by atoms with E-state index in [1.54, 1.807) is 0 Å². The molecule has 3 N–H and O–H groups in total. The third kappa shape index (κ3) is 5.18. The smallest absolute Gasteiger partial charge is 0.308 e. The molecule has 27 heavy (non-hydrogen) atoms. The van der Waals surface area contributed by atoms with E-state index < -0.39 is 11.9 Å². The van der Waals surface area contributed by atoms with E-state index in [1.807, 2.05) is 72.7 Å². The van der Waals surface area contributed by atoms with Gasteiger partial charge >= 0.3 is 5.97 Å². The van der Waals surface area contributed by atoms with Crippen molar-refractivity contribution in [1.82, 2.24) is 9.88 Å². The fourth-order valence-corrected chi connectivity index (χ4v) is 3.13. The summed E-state index contributed by atoms with van der Waals surface area (Å²) < 4.78 is 0. The summed E-state index contributed by atoms with van der Waals surface area (Å²) in [7, 11) is 1.86. The Hall–Kier alpha value is -3.12. The molecule has 3 aromatic rings. The number of carboxylic acids is 1. The highest BCUT2D eigenvalue weighted by Crippen LogP contribution is 2.18. The van der Waals surface area contributed by atoms with E-state index in [9.17, 15) is 14.7 Å². The van der Waals surface area contributed by atoms with Crippen LogP contribution in [0, 0.1) is 5.92 Å². The molecule has 0 aliphatic heterocycles. The van der Waals surface area contributed by atoms with Gasteiger partial charge in [0, 0.05) is 36.9 Å². The number of hydrogen-bond acceptors (Lipinski definition) is 3. The summed E-state index contributed by atoms with van der Waals surface area (Å²) >= 11 is 0. The van der Waals surface area contributed by atoms with Gasteiger partial charge in [0.05, 0.1) is 5.92 Å². The van der Waals surface area contributed by atoms with Crippen molar-refractivity contribution in [3.05, 3.63) is 66.4 Å². The van der Waals surface area contributed by atoms with Crippen molar-refractivity contribution in [3.8, 4) is 0 Å². The van der Waals surface area contributed by atoms with Gasteiger partial charge in [0.2, 0.25) is 5.91 Å². The Kier molecular flexibility index (Phi) is 5.88. The summed E-state index contributed by atoms with van der Waals surface area (Å²) in [5.41, 5.74) is 2.68. The summed E-state index contributed by atoms with van der Waals surface area (Å²) in [6, 6.07) is 17.3. The first kappa shape index (κ1) is 18.7. The number of hydrogen-bond donors (Lipinski definition) is 3. The molecular formula is C21H23N3O3. The van der Waals surface area contributed by atoms with Gasteiger partial charge in [0.25, 0.3) is 0 Å². The largest absolute Gasteiger partial charge is 0.481 e. The molecule has 6 nitrogen and oxygen atoms in total. The first-order chi connectivity index (χ1) is 13.0. The van der Waals surface area contributed by atoms with Gasteiger partial charge in [-0.05, 0) is 36.2 Å². The Balaban J connectivity index is 1.57. The van der Waals surface area contributed by atoms with Crippen LogP contribution in [-0.4, -0.2) is 40.5 Å². The van der Waals surface area contributed by atoms with Gasteiger partial charge in [-0.3, -0.25) is 9.59 Å². The van der Waals surface area contributed by atoms with Gasteiger partial charge in [-0.2, -0.15) is 0 Å². The monoisotopic (exact) mass is 365 g/mol. The van der Waals surface area contributed by atoms with Crippen molar-refractivity contribution >= 4 is 28.5 Å². The zero-order valence-electron chi connectivity index (χ0n) is 15.2. The number of amides is 1. The van der Waals surface area contributed by atoms with Crippen LogP contribution < -0.4 is 5.32 Å². The average Bonchev–Trinajstić information content (AvgIpc) is 3.09. The molecule has 1 atom stereocenters. The van der Waals surface area contributed by atoms with Crippen LogP contribution in [0.15, 0.2) is 60.8 Å². The minimum absolute atomic E-state index is 0.0722. The Morgan fingerprint density at radius 2 is 1.93 bits per heavy atom. The second kappa shape index (κ2) is 8.51. The summed E-state index contributed by atoms with van der Waals surface area (Å²) in [5.74, 6) is -2.04. The molecule has 140 valence electrons. The number of nitrogens with one attached hydrogen (secondary N) is 2. The number of carboxylic acid groups (broad SMARTS) is 1. The average molecular weight is 365 g/mol. The summed E-state index contributed by atoms with van der Waals surface area (Å²) in [6.07, 6.45) is 1.76. The first-order valence-corrected chi connectivity index (χ1v) is 8.83. The highest BCUT2D eigenvalue weighted by molar-refractivity contribution is 5.95. The van der Waals surface area contributed by atoms with E-state index in [0.717, 1.165) is 16.5 Å². The number of anilines is 1. The molecule has 0 unspecified atom stereocenters. The summed E-state index contributed by atoms with van der Waals surface area (Å²) in [5, 5.41) is 13.4. The fraction of sp³-hybridized carbons (Fsp3) is 0.238. The Labute approximate surface area is 157 Å². The Bertz CT molecular complexity index is 921. The lowest BCUT2D eigenvalue weighted by Crippen LogP contribution is -2.33. The van der Waals surface area contributed by atoms with Crippen LogP contribution in [0.2, 0.25) is 0 Å². The van der Waals surface area contributed by atoms with Crippen molar-refractivity contribution in [1.29, 1.82) is 0 Å². The molecule has 1 aromatic heterocycles. The fourth-order valence-electron chi connectivity index (χ4n) is 3.13. The number of aromatic nitrogens is 1. The molecule has 0 aliphatic rings. The molecule has 0 saturated carbocycles. The second-order valence-electron chi connectivity index (χ2n) is 6.75. The molecule has 0 saturated heterocycles. The normalized spacial score (nSPS) is 12.2. The van der Waals surface area contributed by atoms with Crippen LogP contribution in [-0.2, 0) is 16.1 Å². The predicted molar refractivity (Wildman–Crippen MR) is 105 cm³/mol. The lowest BCUT2D eigenvalue weighted by atomic mass is 10.0. The number of fused-ring (bicyclic) bond motifs is 1. The minimum atomic E-state index is -0.968. The molecule has 0 radical (unpaired) electrons. The van der Waals surface area contributed by atoms with Crippen LogP contribution in [0.3, 0.4) is 0 Å². The summed E-state index contributed by atoms with van der Waals surface area (Å²) in [6.45, 7) is 0.934. The van der Waals surface area contributed by atoms with Crippen LogP contribution >= 0.6 is 0 Å². The Morgan fingerprint density at radius 3 is 2.67 bits per heavy atom. The van der Waals surface area contributed by atoms with Crippen molar-refractivity contribution < 1.29 is 14.7 Å². The molecule has 0 fully saturated rings. The summed E-state index contributed by atoms with van der Waals surface area (Å²) in [4.78, 5) is 29.0. The maximum atomic E-state index is 12.3. The highest BCUT2D eigenvalue weighted by Gasteiger charge is 2.23. The maximum Gasteiger partial charge on any atom is 0.308 e. The van der Waals surface area contributed by atoms with E-state index in [2.05, 4.69) is 10.3 Å². The number of rotatable bonds is 8. The van der Waals surface area contributed by atoms with Crippen LogP contribution in [0.25, 0.3) is 10.9 Å². The quantitative estimate of drug-likeness (QED) is 0.572. The van der Waals surface area contributed by atoms with Gasteiger partial charge in [-0.25, -0.2) is 0 Å². The van der Waals surface area contributed by atoms with Gasteiger partial charge in [0.1, 0.15) is 0 Å². The number of H-pyrrole nitrogens is 1. The number of benzene rings is 2. The topological polar surface area (TPSA) is 85.4 Å². The maximum absolute atomic E-state index is 12.3. The van der Waals surface area contributed by atoms with Gasteiger partial charge in [-0.1, -0.05) is 36.4 Å². The van der Waals surface area contributed by atoms with E-state index in [0.29, 0.717) is 18.8 Å². The molecule has 1 amide bonds. The molecule has 3 rings (SSSR count). The van der Waals surface area contributed by atoms with Crippen LogP contribution in [0.4, 0.5) is 5.69 Å². The number of nitrogens with zero attached hydrogens (tertiary/aromatic N) is 1. The minimum Gasteiger partial charge on any atom is -0.481 e. The molecule has 0 spiro atoms. The predicted octanol–water partition coefficient (Wildman–Crippen LogP) is 3.33. The van der Waals surface area contributed by atoms with Gasteiger partial charge in [-0.15, -0.1) is 0 Å². The second-order valence-corrected chi connectivity index (χ2v) is 6.75. The van der Waals surface area contributed by atoms with Gasteiger partial charge in [0.15, 0.2) is 0 Å². The van der Waals surface area contributed by atoms with Crippen molar-refractivity contribution in [3.63, 3.8) is 0 Å². The molecule has 6 heteroatoms. The number of aliphatic carboxylic acids is 1. The number of aromatic amines is 1. The zero-order chi connectivity index (χ0) is 19.2. The molecular weight excluding hydrogens is 342 g/mol. The standard InChI is InChI=1S/C21H23N3O3/c1-24(13-15-5-3-2-4-6-15)14-17(21(26)27)11-20(25)23-18-8-7-16-9-10-22-19(16)12-18/h2-10,12,17,22H,11,13-14H2,1H3,(H,23,25)(H,26,27)/t17-/m1/s1. The third-order valence-electron chi connectivity index (χ3n) is 4.45. The first-order valence-electron chi connectivity index (χ1n) is 8.83. The van der Waals surface area contributed by atoms with E-state index in [4.69, 9.17) is 0 Å². The number of carbonyl (C=O) groups excluding carboxylic acids is 1. The van der Waals surface area contributed by atoms with Crippen molar-refractivity contribution in [2.45, 2.75) is 13.0 Å². The molecule has 0 aliphatic carbocycles. The molecule has 2 aromatic carbocycles. The van der Waals surface area contributed by atoms with Crippen LogP contribution in [0.1, 0.15) is 12.0 Å². The van der Waals surface area contributed by atoms with E-state index >= 15 is 0 Å². The Morgan fingerprint density at radius 1 is 1.15 bits per heavy atom. The lowest BCUT2D eigenvalue weighted by molar-refractivity contribution is -0.144. The van der Waals surface area contributed by atoms with Crippen molar-refractivity contribution in [2.24, 2.45) is 5.92 Å². The van der Waals surface area contributed by atoms with E-state index in [-0.39, 0.29) is 12.3 Å².